The molecule has 1 unspecified atom stereocenters. The highest BCUT2D eigenvalue weighted by atomic mass is 33.1. The molecule has 0 aliphatic carbocycles. The first-order valence-electron chi connectivity index (χ1n) is 6.01. The summed E-state index contributed by atoms with van der Waals surface area (Å²) < 4.78 is 0. The number of likely N-dealkylation sites (tertiary alicyclic amines) is 1. The van der Waals surface area contributed by atoms with Gasteiger partial charge in [0, 0.05) is 18.4 Å². The first kappa shape index (κ1) is 15.6. The molecule has 0 spiro atoms. The lowest BCUT2D eigenvalue weighted by molar-refractivity contribution is -0.140. The predicted molar refractivity (Wildman–Crippen MR) is 75.3 cm³/mol. The fourth-order valence-electron chi connectivity index (χ4n) is 1.58. The van der Waals surface area contributed by atoms with Crippen LogP contribution in [0.4, 0.5) is 0 Å². The van der Waals surface area contributed by atoms with Crippen molar-refractivity contribution in [3.8, 4) is 0 Å². The highest BCUT2D eigenvalue weighted by Crippen LogP contribution is 2.35. The van der Waals surface area contributed by atoms with Gasteiger partial charge in [-0.15, -0.1) is 0 Å². The Morgan fingerprint density at radius 2 is 1.94 bits per heavy atom. The molecule has 1 saturated heterocycles. The van der Waals surface area contributed by atoms with Gasteiger partial charge in [-0.1, -0.05) is 35.4 Å². The molecule has 4 nitrogen and oxygen atoms in total. The molecular weight excluding hydrogens is 270 g/mol. The summed E-state index contributed by atoms with van der Waals surface area (Å²) in [4.78, 5) is 36.4. The van der Waals surface area contributed by atoms with Crippen LogP contribution in [-0.4, -0.2) is 39.5 Å². The van der Waals surface area contributed by atoms with Crippen LogP contribution < -0.4 is 0 Å². The van der Waals surface area contributed by atoms with E-state index in [-0.39, 0.29) is 41.2 Å². The van der Waals surface area contributed by atoms with E-state index in [2.05, 4.69) is 0 Å². The number of Topliss-reactive ketones (excluding diaryl/α,β-unsaturated/α-hetero) is 1. The van der Waals surface area contributed by atoms with Crippen molar-refractivity contribution in [3.05, 3.63) is 0 Å². The molecule has 0 aromatic carbocycles. The lowest BCUT2D eigenvalue weighted by Crippen LogP contribution is -2.37. The quantitative estimate of drug-likeness (QED) is 0.554. The van der Waals surface area contributed by atoms with E-state index in [0.29, 0.717) is 5.75 Å². The van der Waals surface area contributed by atoms with Crippen molar-refractivity contribution in [2.45, 2.75) is 45.4 Å². The molecule has 0 aromatic heterocycles. The topological polar surface area (TPSA) is 54.5 Å². The summed E-state index contributed by atoms with van der Waals surface area (Å²) in [6.07, 6.45) is 0.255. The van der Waals surface area contributed by atoms with E-state index in [9.17, 15) is 14.4 Å². The lowest BCUT2D eigenvalue weighted by atomic mass is 10.1. The third-order valence-corrected chi connectivity index (χ3v) is 5.29. The fraction of sp³-hybridized carbons (Fsp3) is 0.750. The van der Waals surface area contributed by atoms with Gasteiger partial charge in [0.15, 0.2) is 0 Å². The Morgan fingerprint density at radius 1 is 1.33 bits per heavy atom. The first-order chi connectivity index (χ1) is 8.34. The average Bonchev–Trinajstić information content (AvgIpc) is 2.53. The second kappa shape index (κ2) is 6.61. The SMILES string of the molecule is CC(C)C(=O)CSSC1CC(=O)N(C(C)C)C1=O. The standard InChI is InChI=1S/C12H19NO3S2/c1-7(2)9(14)6-17-18-10-5-11(15)13(8(3)4)12(10)16/h7-8,10H,5-6H2,1-4H3. The molecule has 0 bridgehead atoms. The van der Waals surface area contributed by atoms with Gasteiger partial charge in [0.1, 0.15) is 11.0 Å². The van der Waals surface area contributed by atoms with Crippen LogP contribution in [0.25, 0.3) is 0 Å². The van der Waals surface area contributed by atoms with Crippen LogP contribution in [0, 0.1) is 5.92 Å². The van der Waals surface area contributed by atoms with Crippen molar-refractivity contribution in [1.29, 1.82) is 0 Å². The van der Waals surface area contributed by atoms with Gasteiger partial charge in [0.25, 0.3) is 0 Å². The maximum atomic E-state index is 12.0. The van der Waals surface area contributed by atoms with Gasteiger partial charge in [-0.2, -0.15) is 0 Å². The van der Waals surface area contributed by atoms with Crippen LogP contribution in [-0.2, 0) is 14.4 Å². The van der Waals surface area contributed by atoms with E-state index in [1.54, 1.807) is 0 Å². The van der Waals surface area contributed by atoms with Gasteiger partial charge in [-0.05, 0) is 13.8 Å². The molecule has 1 heterocycles. The van der Waals surface area contributed by atoms with Gasteiger partial charge in [-0.3, -0.25) is 19.3 Å². The third kappa shape index (κ3) is 3.75. The lowest BCUT2D eigenvalue weighted by Gasteiger charge is -2.18. The zero-order valence-electron chi connectivity index (χ0n) is 11.1. The van der Waals surface area contributed by atoms with E-state index in [0.717, 1.165) is 0 Å². The Hall–Kier alpha value is -0.490. The highest BCUT2D eigenvalue weighted by molar-refractivity contribution is 8.77. The molecule has 2 amide bonds. The number of carbonyl (C=O) groups is 3. The fourth-order valence-corrected chi connectivity index (χ4v) is 4.17. The van der Waals surface area contributed by atoms with Gasteiger partial charge < -0.3 is 0 Å². The zero-order valence-corrected chi connectivity index (χ0v) is 12.8. The first-order valence-corrected chi connectivity index (χ1v) is 8.39. The Balaban J connectivity index is 2.43. The molecule has 1 fully saturated rings. The molecule has 1 rings (SSSR count). The number of rotatable bonds is 6. The van der Waals surface area contributed by atoms with Gasteiger partial charge in [0.05, 0.1) is 5.75 Å². The van der Waals surface area contributed by atoms with Crippen molar-refractivity contribution >= 4 is 39.2 Å². The number of imide groups is 1. The van der Waals surface area contributed by atoms with E-state index in [1.807, 2.05) is 27.7 Å². The summed E-state index contributed by atoms with van der Waals surface area (Å²) in [5.41, 5.74) is 0. The summed E-state index contributed by atoms with van der Waals surface area (Å²) in [6, 6.07) is -0.0853. The molecule has 0 N–H and O–H groups in total. The monoisotopic (exact) mass is 289 g/mol. The van der Waals surface area contributed by atoms with Gasteiger partial charge in [-0.25, -0.2) is 0 Å². The molecule has 1 aliphatic heterocycles. The molecular formula is C12H19NO3S2. The predicted octanol–water partition coefficient (Wildman–Crippen LogP) is 2.13. The largest absolute Gasteiger partial charge is 0.298 e. The van der Waals surface area contributed by atoms with E-state index < -0.39 is 0 Å². The van der Waals surface area contributed by atoms with Crippen LogP contribution in [0.2, 0.25) is 0 Å². The number of carbonyl (C=O) groups excluding carboxylic acids is 3. The Kier molecular flexibility index (Phi) is 5.72. The van der Waals surface area contributed by atoms with Crippen LogP contribution in [0.1, 0.15) is 34.1 Å². The number of nitrogens with zero attached hydrogens (tertiary/aromatic N) is 1. The molecule has 18 heavy (non-hydrogen) atoms. The number of amides is 2. The minimum Gasteiger partial charge on any atom is -0.298 e. The molecule has 0 aromatic rings. The smallest absolute Gasteiger partial charge is 0.243 e. The normalized spacial score (nSPS) is 20.3. The van der Waals surface area contributed by atoms with E-state index in [1.165, 1.54) is 26.5 Å². The van der Waals surface area contributed by atoms with Crippen molar-refractivity contribution in [1.82, 2.24) is 4.90 Å². The highest BCUT2D eigenvalue weighted by Gasteiger charge is 2.40. The second-order valence-corrected chi connectivity index (χ2v) is 7.44. The van der Waals surface area contributed by atoms with Crippen LogP contribution in [0.15, 0.2) is 0 Å². The van der Waals surface area contributed by atoms with Crippen molar-refractivity contribution in [3.63, 3.8) is 0 Å². The molecule has 102 valence electrons. The van der Waals surface area contributed by atoms with Crippen molar-refractivity contribution in [2.75, 3.05) is 5.75 Å². The summed E-state index contributed by atoms with van der Waals surface area (Å²) in [7, 11) is 2.72. The molecule has 6 heteroatoms. The summed E-state index contributed by atoms with van der Waals surface area (Å²) in [6.45, 7) is 7.38. The summed E-state index contributed by atoms with van der Waals surface area (Å²) in [5.74, 6) is 0.353. The van der Waals surface area contributed by atoms with E-state index >= 15 is 0 Å². The van der Waals surface area contributed by atoms with Crippen molar-refractivity contribution < 1.29 is 14.4 Å². The minimum atomic E-state index is -0.329. The number of ketones is 1. The van der Waals surface area contributed by atoms with Crippen LogP contribution in [0.3, 0.4) is 0 Å². The average molecular weight is 289 g/mol. The Labute approximate surface area is 116 Å². The molecule has 1 aliphatic rings. The minimum absolute atomic E-state index is 0.0196. The third-order valence-electron chi connectivity index (χ3n) is 2.69. The zero-order chi connectivity index (χ0) is 13.9. The maximum Gasteiger partial charge on any atom is 0.243 e. The van der Waals surface area contributed by atoms with Crippen LogP contribution in [0.5, 0.6) is 0 Å². The molecule has 0 radical (unpaired) electrons. The summed E-state index contributed by atoms with van der Waals surface area (Å²) >= 11 is 0. The molecule has 0 saturated carbocycles. The Bertz CT molecular complexity index is 355. The molecule has 1 atom stereocenters. The number of hydrogen-bond donors (Lipinski definition) is 0. The van der Waals surface area contributed by atoms with E-state index in [4.69, 9.17) is 0 Å². The summed E-state index contributed by atoms with van der Waals surface area (Å²) in [5, 5.41) is -0.329. The van der Waals surface area contributed by atoms with Gasteiger partial charge in [0.2, 0.25) is 11.8 Å². The second-order valence-electron chi connectivity index (χ2n) is 4.87. The van der Waals surface area contributed by atoms with Gasteiger partial charge >= 0.3 is 0 Å². The maximum absolute atomic E-state index is 12.0. The number of hydrogen-bond acceptors (Lipinski definition) is 5. The van der Waals surface area contributed by atoms with Crippen molar-refractivity contribution in [2.24, 2.45) is 5.92 Å². The Morgan fingerprint density at radius 3 is 2.39 bits per heavy atom. The van der Waals surface area contributed by atoms with Crippen LogP contribution >= 0.6 is 21.6 Å².